The number of carbonyl (C=O) groups is 1. The number of aliphatic hydroxyl groups is 2. The lowest BCUT2D eigenvalue weighted by Gasteiger charge is -2.33. The van der Waals surface area contributed by atoms with Gasteiger partial charge in [-0.3, -0.25) is 0 Å². The Kier molecular flexibility index (Phi) is 3.89. The van der Waals surface area contributed by atoms with Crippen LogP contribution in [0, 0.1) is 11.8 Å². The van der Waals surface area contributed by atoms with Gasteiger partial charge in [-0.05, 0) is 43.9 Å². The highest BCUT2D eigenvalue weighted by Gasteiger charge is 2.41. The summed E-state index contributed by atoms with van der Waals surface area (Å²) >= 11 is 0. The van der Waals surface area contributed by atoms with Gasteiger partial charge in [0.2, 0.25) is 0 Å². The van der Waals surface area contributed by atoms with E-state index in [0.717, 1.165) is 32.1 Å². The van der Waals surface area contributed by atoms with E-state index in [2.05, 4.69) is 0 Å². The van der Waals surface area contributed by atoms with Crippen LogP contribution in [0.5, 0.6) is 0 Å². The molecule has 0 spiro atoms. The summed E-state index contributed by atoms with van der Waals surface area (Å²) in [6.45, 7) is 0.445. The summed E-state index contributed by atoms with van der Waals surface area (Å²) in [4.78, 5) is 12.4. The van der Waals surface area contributed by atoms with Crippen LogP contribution < -0.4 is 0 Å². The van der Waals surface area contributed by atoms with Gasteiger partial charge in [0.1, 0.15) is 0 Å². The summed E-state index contributed by atoms with van der Waals surface area (Å²) in [6, 6.07) is -0.243. The molecular weight excluding hydrogens is 222 g/mol. The Morgan fingerprint density at radius 2 is 1.82 bits per heavy atom. The Balaban J connectivity index is 1.99. The lowest BCUT2D eigenvalue weighted by atomic mass is 9.76. The van der Waals surface area contributed by atoms with E-state index in [1.165, 1.54) is 4.90 Å². The number of rotatable bonds is 2. The molecule has 1 saturated heterocycles. The first-order valence-corrected chi connectivity index (χ1v) is 6.42. The molecule has 5 nitrogen and oxygen atoms in total. The Hall–Kier alpha value is -0.810. The van der Waals surface area contributed by atoms with Crippen LogP contribution in [0.1, 0.15) is 32.1 Å². The first-order chi connectivity index (χ1) is 8.13. The highest BCUT2D eigenvalue weighted by atomic mass is 16.4. The molecule has 0 radical (unpaired) electrons. The minimum absolute atomic E-state index is 0.0873. The third-order valence-electron chi connectivity index (χ3n) is 4.38. The van der Waals surface area contributed by atoms with E-state index in [9.17, 15) is 15.0 Å². The van der Waals surface area contributed by atoms with Crippen LogP contribution >= 0.6 is 0 Å². The zero-order valence-electron chi connectivity index (χ0n) is 9.96. The van der Waals surface area contributed by atoms with Crippen molar-refractivity contribution in [3.8, 4) is 0 Å². The zero-order valence-corrected chi connectivity index (χ0v) is 9.96. The van der Waals surface area contributed by atoms with E-state index in [1.807, 2.05) is 0 Å². The summed E-state index contributed by atoms with van der Waals surface area (Å²) in [6.07, 6.45) is 3.26. The molecule has 5 heteroatoms. The Morgan fingerprint density at radius 1 is 1.18 bits per heavy atom. The second-order valence-electron chi connectivity index (χ2n) is 5.25. The second kappa shape index (κ2) is 5.23. The fourth-order valence-electron chi connectivity index (χ4n) is 3.43. The van der Waals surface area contributed by atoms with Crippen molar-refractivity contribution in [3.05, 3.63) is 0 Å². The quantitative estimate of drug-likeness (QED) is 0.673. The lowest BCUT2D eigenvalue weighted by molar-refractivity contribution is 0.0627. The zero-order chi connectivity index (χ0) is 12.4. The molecule has 2 rings (SSSR count). The lowest BCUT2D eigenvalue weighted by Crippen LogP contribution is -2.42. The molecule has 98 valence electrons. The van der Waals surface area contributed by atoms with E-state index >= 15 is 0 Å². The highest BCUT2D eigenvalue weighted by Crippen LogP contribution is 2.38. The minimum Gasteiger partial charge on any atom is -0.465 e. The van der Waals surface area contributed by atoms with Crippen molar-refractivity contribution in [1.82, 2.24) is 4.90 Å². The van der Waals surface area contributed by atoms with E-state index in [1.54, 1.807) is 0 Å². The molecule has 1 amide bonds. The van der Waals surface area contributed by atoms with Crippen molar-refractivity contribution in [2.75, 3.05) is 13.2 Å². The fraction of sp³-hybridized carbons (Fsp3) is 0.917. The van der Waals surface area contributed by atoms with E-state index in [-0.39, 0.29) is 24.7 Å². The normalized spacial score (nSPS) is 38.4. The molecule has 2 aliphatic rings. The first-order valence-electron chi connectivity index (χ1n) is 6.42. The summed E-state index contributed by atoms with van der Waals surface area (Å²) in [5.41, 5.74) is 0. The number of aliphatic hydroxyl groups excluding tert-OH is 2. The first kappa shape index (κ1) is 12.6. The molecule has 1 aliphatic carbocycles. The summed E-state index contributed by atoms with van der Waals surface area (Å²) in [7, 11) is 0. The van der Waals surface area contributed by atoms with Gasteiger partial charge in [-0.25, -0.2) is 4.79 Å². The predicted molar refractivity (Wildman–Crippen MR) is 61.7 cm³/mol. The molecule has 1 heterocycles. The van der Waals surface area contributed by atoms with E-state index < -0.39 is 6.09 Å². The second-order valence-corrected chi connectivity index (χ2v) is 5.25. The van der Waals surface area contributed by atoms with Crippen LogP contribution in [-0.2, 0) is 0 Å². The Bertz CT molecular complexity index is 276. The molecule has 0 aromatic carbocycles. The number of hydrogen-bond acceptors (Lipinski definition) is 3. The van der Waals surface area contributed by atoms with Crippen LogP contribution in [0.15, 0.2) is 0 Å². The maximum absolute atomic E-state index is 11.0. The van der Waals surface area contributed by atoms with Crippen LogP contribution in [0.2, 0.25) is 0 Å². The fourth-order valence-corrected chi connectivity index (χ4v) is 3.43. The summed E-state index contributed by atoms with van der Waals surface area (Å²) in [5.74, 6) is 0.725. The van der Waals surface area contributed by atoms with Gasteiger partial charge in [0, 0.05) is 6.54 Å². The molecule has 0 unspecified atom stereocenters. The number of amides is 1. The van der Waals surface area contributed by atoms with Crippen molar-refractivity contribution < 1.29 is 20.1 Å². The predicted octanol–water partition coefficient (Wildman–Crippen LogP) is 0.898. The Morgan fingerprint density at radius 3 is 2.35 bits per heavy atom. The SMILES string of the molecule is O=C(O)N1CC[C@H]([C@H]2CC[C@H](O)CC2)[C@@H]1CO. The molecule has 0 aromatic heterocycles. The molecule has 3 N–H and O–H groups in total. The van der Waals surface area contributed by atoms with E-state index in [0.29, 0.717) is 12.5 Å². The smallest absolute Gasteiger partial charge is 0.407 e. The van der Waals surface area contributed by atoms with Crippen molar-refractivity contribution in [3.63, 3.8) is 0 Å². The number of likely N-dealkylation sites (tertiary alicyclic amines) is 1. The van der Waals surface area contributed by atoms with E-state index in [4.69, 9.17) is 5.11 Å². The van der Waals surface area contributed by atoms with Gasteiger partial charge in [0.15, 0.2) is 0 Å². The highest BCUT2D eigenvalue weighted by molar-refractivity contribution is 5.66. The van der Waals surface area contributed by atoms with Gasteiger partial charge < -0.3 is 20.2 Å². The molecule has 0 bridgehead atoms. The van der Waals surface area contributed by atoms with Crippen molar-refractivity contribution in [2.45, 2.75) is 44.2 Å². The number of hydrogen-bond donors (Lipinski definition) is 3. The van der Waals surface area contributed by atoms with Crippen molar-refractivity contribution in [2.24, 2.45) is 11.8 Å². The summed E-state index contributed by atoms with van der Waals surface area (Å²) in [5, 5.41) is 27.9. The van der Waals surface area contributed by atoms with Crippen LogP contribution in [0.25, 0.3) is 0 Å². The van der Waals surface area contributed by atoms with Gasteiger partial charge in [-0.1, -0.05) is 0 Å². The number of carboxylic acid groups (broad SMARTS) is 1. The molecule has 17 heavy (non-hydrogen) atoms. The third kappa shape index (κ3) is 2.55. The van der Waals surface area contributed by atoms with Gasteiger partial charge >= 0.3 is 6.09 Å². The molecular formula is C12H21NO4. The molecule has 2 atom stereocenters. The van der Waals surface area contributed by atoms with Crippen LogP contribution in [-0.4, -0.2) is 51.6 Å². The molecule has 1 aliphatic heterocycles. The van der Waals surface area contributed by atoms with Gasteiger partial charge in [0.05, 0.1) is 18.8 Å². The monoisotopic (exact) mass is 243 g/mol. The maximum Gasteiger partial charge on any atom is 0.407 e. The topological polar surface area (TPSA) is 81.0 Å². The van der Waals surface area contributed by atoms with Crippen LogP contribution in [0.4, 0.5) is 4.79 Å². The van der Waals surface area contributed by atoms with Crippen molar-refractivity contribution in [1.29, 1.82) is 0 Å². The van der Waals surface area contributed by atoms with Crippen LogP contribution in [0.3, 0.4) is 0 Å². The molecule has 2 fully saturated rings. The van der Waals surface area contributed by atoms with Gasteiger partial charge in [-0.2, -0.15) is 0 Å². The average Bonchev–Trinajstić information content (AvgIpc) is 2.73. The third-order valence-corrected chi connectivity index (χ3v) is 4.38. The Labute approximate surface area is 101 Å². The minimum atomic E-state index is -0.928. The molecule has 0 aromatic rings. The largest absolute Gasteiger partial charge is 0.465 e. The van der Waals surface area contributed by atoms with Gasteiger partial charge in [0.25, 0.3) is 0 Å². The molecule has 1 saturated carbocycles. The van der Waals surface area contributed by atoms with Gasteiger partial charge in [-0.15, -0.1) is 0 Å². The standard InChI is InChI=1S/C12H21NO4/c14-7-11-10(5-6-13(11)12(16)17)8-1-3-9(15)4-2-8/h8-11,14-15H,1-7H2,(H,16,17)/t8-,9-,10-,11+/m1/s1. The maximum atomic E-state index is 11.0. The average molecular weight is 243 g/mol. The van der Waals surface area contributed by atoms with Crippen molar-refractivity contribution >= 4 is 6.09 Å². The summed E-state index contributed by atoms with van der Waals surface area (Å²) < 4.78 is 0. The number of nitrogens with zero attached hydrogens (tertiary/aromatic N) is 1.